The van der Waals surface area contributed by atoms with E-state index in [4.69, 9.17) is 11.6 Å². The van der Waals surface area contributed by atoms with Gasteiger partial charge in [0.05, 0.1) is 16.1 Å². The lowest BCUT2D eigenvalue weighted by Crippen LogP contribution is -2.18. The zero-order valence-electron chi connectivity index (χ0n) is 9.93. The average Bonchev–Trinajstić information content (AvgIpc) is 2.95. The molecule has 2 heterocycles. The summed E-state index contributed by atoms with van der Waals surface area (Å²) in [4.78, 5) is 12.3. The smallest absolute Gasteiger partial charge is 0.271 e. The lowest BCUT2D eigenvalue weighted by molar-refractivity contribution is 0.0949. The van der Waals surface area contributed by atoms with Gasteiger partial charge in [-0.1, -0.05) is 11.6 Å². The lowest BCUT2D eigenvalue weighted by atomic mass is 10.4. The predicted molar refractivity (Wildman–Crippen MR) is 72.2 cm³/mol. The molecule has 19 heavy (non-hydrogen) atoms. The number of nitrogens with zero attached hydrogens (tertiary/aromatic N) is 3. The molecule has 2 aromatic heterocycles. The van der Waals surface area contributed by atoms with E-state index >= 15 is 0 Å². The van der Waals surface area contributed by atoms with Gasteiger partial charge in [-0.05, 0) is 19.1 Å². The first-order chi connectivity index (χ1) is 9.10. The Morgan fingerprint density at radius 3 is 3.05 bits per heavy atom. The Bertz CT molecular complexity index is 622. The standard InChI is InChI=1S/C11H10ClFN4OS/c1-2-17-6-8(12)10(16-17)11(18)15-14-5-7-3-4-9(13)19-7/h3-6H,2H2,1H3,(H,15,18)/b14-5+. The zero-order valence-corrected chi connectivity index (χ0v) is 11.5. The Balaban J connectivity index is 2.01. The van der Waals surface area contributed by atoms with E-state index in [1.807, 2.05) is 6.92 Å². The number of aryl methyl sites for hydroxylation is 1. The highest BCUT2D eigenvalue weighted by Gasteiger charge is 2.14. The number of hydrogen-bond acceptors (Lipinski definition) is 4. The summed E-state index contributed by atoms with van der Waals surface area (Å²) >= 11 is 6.81. The maximum absolute atomic E-state index is 12.7. The number of amides is 1. The third kappa shape index (κ3) is 3.39. The highest BCUT2D eigenvalue weighted by molar-refractivity contribution is 7.12. The third-order valence-electron chi connectivity index (χ3n) is 2.21. The third-order valence-corrected chi connectivity index (χ3v) is 3.29. The van der Waals surface area contributed by atoms with E-state index < -0.39 is 5.91 Å². The van der Waals surface area contributed by atoms with E-state index in [2.05, 4.69) is 15.6 Å². The van der Waals surface area contributed by atoms with E-state index in [0.29, 0.717) is 11.4 Å². The van der Waals surface area contributed by atoms with Crippen molar-refractivity contribution < 1.29 is 9.18 Å². The van der Waals surface area contributed by atoms with E-state index in [0.717, 1.165) is 11.3 Å². The Morgan fingerprint density at radius 2 is 2.47 bits per heavy atom. The topological polar surface area (TPSA) is 59.3 Å². The van der Waals surface area contributed by atoms with Gasteiger partial charge in [0.1, 0.15) is 0 Å². The summed E-state index contributed by atoms with van der Waals surface area (Å²) in [5, 5.41) is 7.67. The van der Waals surface area contributed by atoms with Crippen molar-refractivity contribution >= 4 is 35.1 Å². The molecule has 8 heteroatoms. The first kappa shape index (κ1) is 13.7. The van der Waals surface area contributed by atoms with Crippen LogP contribution in [-0.4, -0.2) is 21.9 Å². The van der Waals surface area contributed by atoms with Crippen LogP contribution < -0.4 is 5.43 Å². The second-order valence-corrected chi connectivity index (χ2v) is 5.00. The fourth-order valence-electron chi connectivity index (χ4n) is 1.32. The van der Waals surface area contributed by atoms with Crippen LogP contribution in [0.3, 0.4) is 0 Å². The molecule has 2 aromatic rings. The molecule has 0 fully saturated rings. The summed E-state index contributed by atoms with van der Waals surface area (Å²) in [5.41, 5.74) is 2.40. The highest BCUT2D eigenvalue weighted by atomic mass is 35.5. The van der Waals surface area contributed by atoms with Gasteiger partial charge in [-0.25, -0.2) is 5.43 Å². The Morgan fingerprint density at radius 1 is 1.68 bits per heavy atom. The van der Waals surface area contributed by atoms with Crippen LogP contribution in [0.5, 0.6) is 0 Å². The second kappa shape index (κ2) is 5.94. The number of carbonyl (C=O) groups is 1. The van der Waals surface area contributed by atoms with Crippen LogP contribution in [-0.2, 0) is 6.54 Å². The first-order valence-corrected chi connectivity index (χ1v) is 6.61. The zero-order chi connectivity index (χ0) is 13.8. The Kier molecular flexibility index (Phi) is 4.28. The number of carbonyl (C=O) groups excluding carboxylic acids is 1. The van der Waals surface area contributed by atoms with Gasteiger partial charge in [0.15, 0.2) is 10.8 Å². The largest absolute Gasteiger partial charge is 0.293 e. The molecule has 0 aliphatic heterocycles. The molecular weight excluding hydrogens is 291 g/mol. The van der Waals surface area contributed by atoms with E-state index in [1.54, 1.807) is 16.9 Å². The number of aromatic nitrogens is 2. The quantitative estimate of drug-likeness (QED) is 0.697. The number of rotatable bonds is 4. The van der Waals surface area contributed by atoms with Gasteiger partial charge in [-0.3, -0.25) is 9.48 Å². The number of thiophene rings is 1. The molecule has 0 radical (unpaired) electrons. The monoisotopic (exact) mass is 300 g/mol. The Labute approximate surface area is 117 Å². The molecule has 5 nitrogen and oxygen atoms in total. The molecule has 0 saturated carbocycles. The van der Waals surface area contributed by atoms with Gasteiger partial charge in [0, 0.05) is 12.7 Å². The summed E-state index contributed by atoms with van der Waals surface area (Å²) in [7, 11) is 0. The van der Waals surface area contributed by atoms with Crippen LogP contribution in [0.2, 0.25) is 5.02 Å². The van der Waals surface area contributed by atoms with Crippen LogP contribution in [0, 0.1) is 5.13 Å². The van der Waals surface area contributed by atoms with Crippen molar-refractivity contribution in [3.8, 4) is 0 Å². The SMILES string of the molecule is CCn1cc(Cl)c(C(=O)N/N=C/c2ccc(F)s2)n1. The van der Waals surface area contributed by atoms with Crippen LogP contribution >= 0.6 is 22.9 Å². The minimum atomic E-state index is -0.509. The van der Waals surface area contributed by atoms with Gasteiger partial charge in [-0.2, -0.15) is 14.6 Å². The number of nitrogens with one attached hydrogen (secondary N) is 1. The molecule has 0 atom stereocenters. The van der Waals surface area contributed by atoms with Crippen molar-refractivity contribution in [2.75, 3.05) is 0 Å². The molecule has 0 bridgehead atoms. The molecule has 0 aliphatic carbocycles. The van der Waals surface area contributed by atoms with Crippen molar-refractivity contribution in [2.45, 2.75) is 13.5 Å². The summed E-state index contributed by atoms with van der Waals surface area (Å²) in [6.07, 6.45) is 2.92. The highest BCUT2D eigenvalue weighted by Crippen LogP contribution is 2.14. The minimum absolute atomic E-state index is 0.109. The molecule has 0 spiro atoms. The lowest BCUT2D eigenvalue weighted by Gasteiger charge is -1.95. The summed E-state index contributed by atoms with van der Waals surface area (Å²) in [6.45, 7) is 2.50. The number of hydrazone groups is 1. The minimum Gasteiger partial charge on any atom is -0.271 e. The first-order valence-electron chi connectivity index (χ1n) is 5.42. The molecule has 1 N–H and O–H groups in total. The maximum Gasteiger partial charge on any atom is 0.293 e. The van der Waals surface area contributed by atoms with Gasteiger partial charge in [0.25, 0.3) is 5.91 Å². The van der Waals surface area contributed by atoms with E-state index in [9.17, 15) is 9.18 Å². The van der Waals surface area contributed by atoms with Crippen molar-refractivity contribution in [3.05, 3.63) is 39.1 Å². The van der Waals surface area contributed by atoms with E-state index in [-0.39, 0.29) is 15.8 Å². The second-order valence-electron chi connectivity index (χ2n) is 3.52. The molecule has 0 aromatic carbocycles. The van der Waals surface area contributed by atoms with Gasteiger partial charge in [-0.15, -0.1) is 11.3 Å². The molecule has 100 valence electrons. The fourth-order valence-corrected chi connectivity index (χ4v) is 2.16. The maximum atomic E-state index is 12.7. The van der Waals surface area contributed by atoms with Crippen molar-refractivity contribution in [1.29, 1.82) is 0 Å². The number of halogens is 2. The van der Waals surface area contributed by atoms with Crippen molar-refractivity contribution in [2.24, 2.45) is 5.10 Å². The molecule has 0 aliphatic rings. The van der Waals surface area contributed by atoms with Crippen molar-refractivity contribution in [3.63, 3.8) is 0 Å². The normalized spacial score (nSPS) is 11.1. The molecule has 2 rings (SSSR count). The van der Waals surface area contributed by atoms with E-state index in [1.165, 1.54) is 12.3 Å². The van der Waals surface area contributed by atoms with Crippen LogP contribution in [0.25, 0.3) is 0 Å². The molecular formula is C11H10ClFN4OS. The summed E-state index contributed by atoms with van der Waals surface area (Å²) in [5.74, 6) is -0.509. The number of hydrogen-bond donors (Lipinski definition) is 1. The average molecular weight is 301 g/mol. The molecule has 1 amide bonds. The summed E-state index contributed by atoms with van der Waals surface area (Å²) < 4.78 is 14.3. The van der Waals surface area contributed by atoms with Crippen LogP contribution in [0.4, 0.5) is 4.39 Å². The van der Waals surface area contributed by atoms with Gasteiger partial charge < -0.3 is 0 Å². The predicted octanol–water partition coefficient (Wildman–Crippen LogP) is 2.52. The van der Waals surface area contributed by atoms with Crippen LogP contribution in [0.1, 0.15) is 22.3 Å². The molecule has 0 unspecified atom stereocenters. The van der Waals surface area contributed by atoms with Gasteiger partial charge >= 0.3 is 0 Å². The van der Waals surface area contributed by atoms with Crippen LogP contribution in [0.15, 0.2) is 23.4 Å². The summed E-state index contributed by atoms with van der Waals surface area (Å²) in [6, 6.07) is 2.89. The van der Waals surface area contributed by atoms with Gasteiger partial charge in [0.2, 0.25) is 0 Å². The Hall–Kier alpha value is -1.73. The van der Waals surface area contributed by atoms with Crippen molar-refractivity contribution in [1.82, 2.24) is 15.2 Å². The fraction of sp³-hybridized carbons (Fsp3) is 0.182. The molecule has 0 saturated heterocycles.